The normalized spacial score (nSPS) is 15.3. The van der Waals surface area contributed by atoms with Gasteiger partial charge in [-0.3, -0.25) is 4.79 Å². The number of aliphatic carboxylic acids is 1. The first kappa shape index (κ1) is 25.3. The molecule has 0 fully saturated rings. The second-order valence-electron chi connectivity index (χ2n) is 7.08. The number of nitrogens with zero attached hydrogens (tertiary/aromatic N) is 2. The van der Waals surface area contributed by atoms with Crippen LogP contribution in [-0.2, 0) is 35.5 Å². The molecule has 0 saturated carbocycles. The number of hydrogen-bond acceptors (Lipinski definition) is 6. The van der Waals surface area contributed by atoms with Gasteiger partial charge >= 0.3 is 12.1 Å². The minimum Gasteiger partial charge on any atom is -0.481 e. The fraction of sp³-hybridized carbons (Fsp3) is 0.476. The van der Waals surface area contributed by atoms with Gasteiger partial charge in [-0.25, -0.2) is 9.78 Å². The quantitative estimate of drug-likeness (QED) is 0.657. The fourth-order valence-electron chi connectivity index (χ4n) is 3.42. The summed E-state index contributed by atoms with van der Waals surface area (Å²) in [5.74, 6) is -2.09. The molecule has 0 saturated heterocycles. The van der Waals surface area contributed by atoms with E-state index in [4.69, 9.17) is 19.4 Å². The summed E-state index contributed by atoms with van der Waals surface area (Å²) in [6.45, 7) is 1.89. The fourth-order valence-corrected chi connectivity index (χ4v) is 3.42. The molecular formula is C21H26F3N3O5. The van der Waals surface area contributed by atoms with E-state index in [9.17, 15) is 18.0 Å². The second kappa shape index (κ2) is 11.6. The molecule has 2 aromatic rings. The topological polar surface area (TPSA) is 103 Å². The molecule has 1 atom stereocenters. The number of nitrogens with one attached hydrogen (secondary N) is 1. The molecule has 0 bridgehead atoms. The maximum atomic E-state index is 12.1. The Kier molecular flexibility index (Phi) is 9.21. The maximum absolute atomic E-state index is 12.1. The molecule has 0 aromatic carbocycles. The first-order valence-electron chi connectivity index (χ1n) is 9.89. The molecule has 2 heterocycles. The van der Waals surface area contributed by atoms with Crippen LogP contribution in [0.15, 0.2) is 35.3 Å². The van der Waals surface area contributed by atoms with Crippen LogP contribution in [-0.4, -0.2) is 53.7 Å². The van der Waals surface area contributed by atoms with Gasteiger partial charge in [-0.15, -0.1) is 0 Å². The zero-order valence-electron chi connectivity index (χ0n) is 17.8. The van der Waals surface area contributed by atoms with Crippen molar-refractivity contribution >= 4 is 5.97 Å². The van der Waals surface area contributed by atoms with Gasteiger partial charge in [0.2, 0.25) is 5.88 Å². The van der Waals surface area contributed by atoms with Crippen LogP contribution in [0.1, 0.15) is 23.2 Å². The molecule has 1 aliphatic rings. The lowest BCUT2D eigenvalue weighted by atomic mass is 9.91. The van der Waals surface area contributed by atoms with Crippen molar-refractivity contribution in [3.8, 4) is 5.88 Å². The number of carboxylic acids is 1. The molecule has 1 unspecified atom stereocenters. The Bertz CT molecular complexity index is 962. The predicted molar refractivity (Wildman–Crippen MR) is 110 cm³/mol. The number of halogens is 3. The van der Waals surface area contributed by atoms with E-state index in [1.807, 2.05) is 22.8 Å². The van der Waals surface area contributed by atoms with Crippen LogP contribution in [0.2, 0.25) is 0 Å². The number of carbonyl (C=O) groups is 1. The number of ether oxygens (including phenoxy) is 2. The van der Waals surface area contributed by atoms with Gasteiger partial charge in [0.25, 0.3) is 5.56 Å². The highest BCUT2D eigenvalue weighted by molar-refractivity contribution is 5.73. The van der Waals surface area contributed by atoms with Crippen molar-refractivity contribution in [1.82, 2.24) is 14.9 Å². The highest BCUT2D eigenvalue weighted by Crippen LogP contribution is 2.21. The van der Waals surface area contributed by atoms with Gasteiger partial charge in [0, 0.05) is 49.8 Å². The molecule has 8 nitrogen and oxygen atoms in total. The van der Waals surface area contributed by atoms with E-state index in [0.29, 0.717) is 25.1 Å². The largest absolute Gasteiger partial charge is 0.490 e. The minimum atomic E-state index is -5.08. The third kappa shape index (κ3) is 7.06. The molecule has 3 rings (SSSR count). The summed E-state index contributed by atoms with van der Waals surface area (Å²) in [7, 11) is 3.30. The lowest BCUT2D eigenvalue weighted by Crippen LogP contribution is -2.37. The molecule has 0 aliphatic heterocycles. The number of carboxylic acid groups (broad SMARTS) is 1. The average molecular weight is 457 g/mol. The van der Waals surface area contributed by atoms with Crippen molar-refractivity contribution in [2.75, 3.05) is 20.8 Å². The number of pyridine rings is 2. The molecular weight excluding hydrogens is 431 g/mol. The second-order valence-corrected chi connectivity index (χ2v) is 7.08. The zero-order chi connectivity index (χ0) is 23.7. The molecule has 2 N–H and O–H groups in total. The summed E-state index contributed by atoms with van der Waals surface area (Å²) < 4.78 is 44.0. The van der Waals surface area contributed by atoms with E-state index in [1.54, 1.807) is 26.5 Å². The lowest BCUT2D eigenvalue weighted by Gasteiger charge is -2.28. The Hall–Kier alpha value is -2.92. The van der Waals surface area contributed by atoms with Gasteiger partial charge in [0.05, 0.1) is 13.7 Å². The van der Waals surface area contributed by atoms with E-state index >= 15 is 0 Å². The predicted octanol–water partition coefficient (Wildman–Crippen LogP) is 2.18. The number of hydrogen-bond donors (Lipinski definition) is 2. The Morgan fingerprint density at radius 2 is 2.03 bits per heavy atom. The zero-order valence-corrected chi connectivity index (χ0v) is 17.8. The van der Waals surface area contributed by atoms with Crippen molar-refractivity contribution in [1.29, 1.82) is 0 Å². The van der Waals surface area contributed by atoms with E-state index in [2.05, 4.69) is 10.3 Å². The lowest BCUT2D eigenvalue weighted by molar-refractivity contribution is -0.192. The Morgan fingerprint density at radius 3 is 2.66 bits per heavy atom. The Morgan fingerprint density at radius 1 is 1.31 bits per heavy atom. The first-order valence-corrected chi connectivity index (χ1v) is 9.89. The van der Waals surface area contributed by atoms with Crippen molar-refractivity contribution in [2.45, 2.75) is 44.6 Å². The summed E-state index contributed by atoms with van der Waals surface area (Å²) in [5.41, 5.74) is 3.52. The summed E-state index contributed by atoms with van der Waals surface area (Å²) >= 11 is 0. The van der Waals surface area contributed by atoms with Crippen LogP contribution < -0.4 is 15.6 Å². The van der Waals surface area contributed by atoms with Crippen LogP contribution >= 0.6 is 0 Å². The molecule has 1 aliphatic carbocycles. The van der Waals surface area contributed by atoms with Gasteiger partial charge < -0.3 is 24.5 Å². The van der Waals surface area contributed by atoms with Crippen LogP contribution in [0.4, 0.5) is 13.2 Å². The van der Waals surface area contributed by atoms with Gasteiger partial charge in [0.1, 0.15) is 0 Å². The van der Waals surface area contributed by atoms with Crippen LogP contribution in [0.5, 0.6) is 5.88 Å². The van der Waals surface area contributed by atoms with Crippen molar-refractivity contribution in [2.24, 2.45) is 0 Å². The van der Waals surface area contributed by atoms with Crippen LogP contribution in [0, 0.1) is 0 Å². The number of rotatable bonds is 7. The summed E-state index contributed by atoms with van der Waals surface area (Å²) in [4.78, 5) is 25.3. The van der Waals surface area contributed by atoms with E-state index < -0.39 is 12.1 Å². The molecule has 2 aromatic heterocycles. The third-order valence-corrected chi connectivity index (χ3v) is 4.97. The number of fused-ring (bicyclic) bond motifs is 1. The number of alkyl halides is 3. The monoisotopic (exact) mass is 457 g/mol. The summed E-state index contributed by atoms with van der Waals surface area (Å²) in [6, 6.07) is 7.97. The minimum absolute atomic E-state index is 0.0577. The average Bonchev–Trinajstić information content (AvgIpc) is 2.77. The summed E-state index contributed by atoms with van der Waals surface area (Å²) in [5, 5.41) is 10.7. The van der Waals surface area contributed by atoms with Crippen LogP contribution in [0.3, 0.4) is 0 Å². The molecule has 0 amide bonds. The SMILES string of the molecule is COCCn1c2c(ccc1=O)CC(NCc1cccnc1OC)CC2.O=C(O)C(F)(F)F. The van der Waals surface area contributed by atoms with E-state index in [1.165, 1.54) is 5.56 Å². The third-order valence-electron chi connectivity index (χ3n) is 4.97. The van der Waals surface area contributed by atoms with E-state index in [-0.39, 0.29) is 5.56 Å². The van der Waals surface area contributed by atoms with Crippen LogP contribution in [0.25, 0.3) is 0 Å². The molecule has 32 heavy (non-hydrogen) atoms. The Labute approximate surface area is 183 Å². The van der Waals surface area contributed by atoms with Crippen molar-refractivity contribution in [3.63, 3.8) is 0 Å². The van der Waals surface area contributed by atoms with E-state index in [0.717, 1.165) is 37.1 Å². The molecule has 0 radical (unpaired) electrons. The van der Waals surface area contributed by atoms with Crippen molar-refractivity contribution < 1.29 is 32.5 Å². The highest BCUT2D eigenvalue weighted by atomic mass is 19.4. The smallest absolute Gasteiger partial charge is 0.481 e. The molecule has 0 spiro atoms. The maximum Gasteiger partial charge on any atom is 0.490 e. The van der Waals surface area contributed by atoms with Gasteiger partial charge in [-0.05, 0) is 30.9 Å². The van der Waals surface area contributed by atoms with Gasteiger partial charge in [-0.2, -0.15) is 13.2 Å². The standard InChI is InChI=1S/C19H25N3O3.C2HF3O2/c1-24-11-10-22-17-7-6-16(12-14(17)5-8-18(22)23)21-13-15-4-3-9-20-19(15)25-2;3-2(4,5)1(6)7/h3-5,8-9,16,21H,6-7,10-13H2,1-2H3;(H,6,7). The highest BCUT2D eigenvalue weighted by Gasteiger charge is 2.38. The number of methoxy groups -OCH3 is 2. The Balaban J connectivity index is 0.000000451. The molecule has 11 heteroatoms. The van der Waals surface area contributed by atoms with Gasteiger partial charge in [0.15, 0.2) is 0 Å². The van der Waals surface area contributed by atoms with Gasteiger partial charge in [-0.1, -0.05) is 12.1 Å². The number of aromatic nitrogens is 2. The summed E-state index contributed by atoms with van der Waals surface area (Å²) in [6.07, 6.45) is -0.521. The van der Waals surface area contributed by atoms with Crippen molar-refractivity contribution in [3.05, 3.63) is 57.6 Å². The first-order chi connectivity index (χ1) is 15.2. The molecule has 176 valence electrons.